The summed E-state index contributed by atoms with van der Waals surface area (Å²) >= 11 is 0. The second kappa shape index (κ2) is 7.04. The van der Waals surface area contributed by atoms with E-state index in [1.807, 2.05) is 18.2 Å². The summed E-state index contributed by atoms with van der Waals surface area (Å²) in [5.74, 6) is -1.19. The van der Waals surface area contributed by atoms with E-state index in [2.05, 4.69) is 36.4 Å². The number of aliphatic carboxylic acids is 1. The van der Waals surface area contributed by atoms with Crippen LogP contribution in [0.15, 0.2) is 54.6 Å². The van der Waals surface area contributed by atoms with Gasteiger partial charge in [0.25, 0.3) is 0 Å². The molecule has 2 aromatic rings. The van der Waals surface area contributed by atoms with Gasteiger partial charge in [-0.15, -0.1) is 0 Å². The van der Waals surface area contributed by atoms with E-state index < -0.39 is 11.9 Å². The fourth-order valence-corrected chi connectivity index (χ4v) is 2.40. The summed E-state index contributed by atoms with van der Waals surface area (Å²) in [7, 11) is 0. The quantitative estimate of drug-likeness (QED) is 0.854. The van der Waals surface area contributed by atoms with Gasteiger partial charge in [-0.05, 0) is 29.5 Å². The molecule has 0 aliphatic carbocycles. The summed E-state index contributed by atoms with van der Waals surface area (Å²) < 4.78 is 0. The van der Waals surface area contributed by atoms with Crippen molar-refractivity contribution >= 4 is 5.97 Å². The van der Waals surface area contributed by atoms with Crippen molar-refractivity contribution in [3.05, 3.63) is 60.2 Å². The molecule has 2 atom stereocenters. The maximum atomic E-state index is 10.8. The largest absolute Gasteiger partial charge is 0.481 e. The van der Waals surface area contributed by atoms with Crippen LogP contribution in [0.1, 0.15) is 18.9 Å². The fourth-order valence-electron chi connectivity index (χ4n) is 2.40. The molecule has 2 rings (SSSR count). The smallest absolute Gasteiger partial charge is 0.306 e. The van der Waals surface area contributed by atoms with E-state index in [9.17, 15) is 4.79 Å². The van der Waals surface area contributed by atoms with E-state index in [4.69, 9.17) is 10.8 Å². The SMILES string of the molecule is CC(CC(N)Cc1ccc(-c2ccccc2)cc1)C(=O)O. The van der Waals surface area contributed by atoms with E-state index in [0.717, 1.165) is 5.56 Å². The summed E-state index contributed by atoms with van der Waals surface area (Å²) in [6.45, 7) is 1.70. The molecule has 0 spiro atoms. The van der Waals surface area contributed by atoms with Crippen molar-refractivity contribution in [2.75, 3.05) is 0 Å². The van der Waals surface area contributed by atoms with E-state index in [-0.39, 0.29) is 6.04 Å². The maximum Gasteiger partial charge on any atom is 0.306 e. The number of benzene rings is 2. The lowest BCUT2D eigenvalue weighted by atomic mass is 9.96. The molecule has 0 aromatic heterocycles. The van der Waals surface area contributed by atoms with Crippen LogP contribution in [0.5, 0.6) is 0 Å². The fraction of sp³-hybridized carbons (Fsp3) is 0.278. The van der Waals surface area contributed by atoms with Gasteiger partial charge in [-0.25, -0.2) is 0 Å². The van der Waals surface area contributed by atoms with Gasteiger partial charge >= 0.3 is 5.97 Å². The van der Waals surface area contributed by atoms with Crippen molar-refractivity contribution in [1.82, 2.24) is 0 Å². The Hall–Kier alpha value is -2.13. The molecule has 0 amide bonds. The number of nitrogens with two attached hydrogens (primary N) is 1. The zero-order chi connectivity index (χ0) is 15.2. The van der Waals surface area contributed by atoms with E-state index in [0.29, 0.717) is 12.8 Å². The molecule has 2 unspecified atom stereocenters. The minimum Gasteiger partial charge on any atom is -0.481 e. The van der Waals surface area contributed by atoms with Gasteiger partial charge in [0.2, 0.25) is 0 Å². The minimum atomic E-state index is -0.787. The Morgan fingerprint density at radius 3 is 2.19 bits per heavy atom. The Bertz CT molecular complexity index is 578. The average molecular weight is 283 g/mol. The predicted octanol–water partition coefficient (Wildman–Crippen LogP) is 3.33. The normalized spacial score (nSPS) is 13.6. The highest BCUT2D eigenvalue weighted by molar-refractivity contribution is 5.69. The molecule has 0 aliphatic rings. The second-order valence-corrected chi connectivity index (χ2v) is 5.50. The molecule has 0 fully saturated rings. The van der Waals surface area contributed by atoms with Crippen LogP contribution in [0, 0.1) is 5.92 Å². The van der Waals surface area contributed by atoms with Crippen molar-refractivity contribution in [1.29, 1.82) is 0 Å². The number of hydrogen-bond donors (Lipinski definition) is 2. The lowest BCUT2D eigenvalue weighted by Gasteiger charge is -2.14. The molecule has 21 heavy (non-hydrogen) atoms. The van der Waals surface area contributed by atoms with Crippen LogP contribution in [0.3, 0.4) is 0 Å². The summed E-state index contributed by atoms with van der Waals surface area (Å²) in [5, 5.41) is 8.90. The minimum absolute atomic E-state index is 0.126. The molecule has 0 saturated carbocycles. The molecule has 3 heteroatoms. The highest BCUT2D eigenvalue weighted by Crippen LogP contribution is 2.20. The Morgan fingerprint density at radius 2 is 1.62 bits per heavy atom. The van der Waals surface area contributed by atoms with Crippen LogP contribution < -0.4 is 5.73 Å². The molecule has 3 N–H and O–H groups in total. The van der Waals surface area contributed by atoms with Crippen LogP contribution in [0.2, 0.25) is 0 Å². The molecule has 0 bridgehead atoms. The zero-order valence-corrected chi connectivity index (χ0v) is 12.2. The number of hydrogen-bond acceptors (Lipinski definition) is 2. The van der Waals surface area contributed by atoms with Crippen LogP contribution in [-0.2, 0) is 11.2 Å². The van der Waals surface area contributed by atoms with E-state index in [1.165, 1.54) is 11.1 Å². The van der Waals surface area contributed by atoms with Crippen molar-refractivity contribution in [3.8, 4) is 11.1 Å². The van der Waals surface area contributed by atoms with E-state index >= 15 is 0 Å². The number of carboxylic acids is 1. The van der Waals surface area contributed by atoms with Crippen LogP contribution in [0.25, 0.3) is 11.1 Å². The van der Waals surface area contributed by atoms with Crippen molar-refractivity contribution in [3.63, 3.8) is 0 Å². The third-order valence-electron chi connectivity index (χ3n) is 3.64. The number of rotatable bonds is 6. The third kappa shape index (κ3) is 4.43. The number of carbonyl (C=O) groups is 1. The Morgan fingerprint density at radius 1 is 1.05 bits per heavy atom. The highest BCUT2D eigenvalue weighted by Gasteiger charge is 2.15. The molecule has 0 saturated heterocycles. The molecule has 3 nitrogen and oxygen atoms in total. The van der Waals surface area contributed by atoms with Gasteiger partial charge in [0.15, 0.2) is 0 Å². The monoisotopic (exact) mass is 283 g/mol. The van der Waals surface area contributed by atoms with Crippen molar-refractivity contribution < 1.29 is 9.90 Å². The van der Waals surface area contributed by atoms with Gasteiger partial charge in [-0.1, -0.05) is 61.5 Å². The Labute approximate surface area is 125 Å². The molecule has 110 valence electrons. The molecule has 0 aliphatic heterocycles. The van der Waals surface area contributed by atoms with Gasteiger partial charge in [0, 0.05) is 6.04 Å². The highest BCUT2D eigenvalue weighted by atomic mass is 16.4. The summed E-state index contributed by atoms with van der Waals surface area (Å²) in [5.41, 5.74) is 9.53. The van der Waals surface area contributed by atoms with Gasteiger partial charge in [0.05, 0.1) is 5.92 Å². The predicted molar refractivity (Wildman–Crippen MR) is 85.0 cm³/mol. The lowest BCUT2D eigenvalue weighted by molar-refractivity contribution is -0.141. The number of carboxylic acid groups (broad SMARTS) is 1. The summed E-state index contributed by atoms with van der Waals surface area (Å²) in [6, 6.07) is 18.4. The Kier molecular flexibility index (Phi) is 5.12. The van der Waals surface area contributed by atoms with Crippen LogP contribution >= 0.6 is 0 Å². The summed E-state index contributed by atoms with van der Waals surface area (Å²) in [6.07, 6.45) is 1.20. The average Bonchev–Trinajstić information content (AvgIpc) is 2.48. The zero-order valence-electron chi connectivity index (χ0n) is 12.2. The van der Waals surface area contributed by atoms with Crippen LogP contribution in [-0.4, -0.2) is 17.1 Å². The topological polar surface area (TPSA) is 63.3 Å². The van der Waals surface area contributed by atoms with E-state index in [1.54, 1.807) is 6.92 Å². The van der Waals surface area contributed by atoms with Gasteiger partial charge in [-0.2, -0.15) is 0 Å². The molecule has 2 aromatic carbocycles. The first-order valence-corrected chi connectivity index (χ1v) is 7.19. The summed E-state index contributed by atoms with van der Waals surface area (Å²) in [4.78, 5) is 10.8. The Balaban J connectivity index is 1.98. The lowest BCUT2D eigenvalue weighted by Crippen LogP contribution is -2.28. The second-order valence-electron chi connectivity index (χ2n) is 5.50. The first-order valence-electron chi connectivity index (χ1n) is 7.19. The molecule has 0 radical (unpaired) electrons. The first-order chi connectivity index (χ1) is 10.1. The van der Waals surface area contributed by atoms with Gasteiger partial charge < -0.3 is 10.8 Å². The molecule has 0 heterocycles. The van der Waals surface area contributed by atoms with Crippen LogP contribution in [0.4, 0.5) is 0 Å². The molecular formula is C18H21NO2. The third-order valence-corrected chi connectivity index (χ3v) is 3.64. The molecular weight excluding hydrogens is 262 g/mol. The standard InChI is InChI=1S/C18H21NO2/c1-13(18(20)21)11-17(19)12-14-7-9-16(10-8-14)15-5-3-2-4-6-15/h2-10,13,17H,11-12,19H2,1H3,(H,20,21). The van der Waals surface area contributed by atoms with Gasteiger partial charge in [-0.3, -0.25) is 4.79 Å². The van der Waals surface area contributed by atoms with Gasteiger partial charge in [0.1, 0.15) is 0 Å². The first kappa shape index (κ1) is 15.3. The maximum absolute atomic E-state index is 10.8. The van der Waals surface area contributed by atoms with Crippen molar-refractivity contribution in [2.24, 2.45) is 11.7 Å². The van der Waals surface area contributed by atoms with Crippen molar-refractivity contribution in [2.45, 2.75) is 25.8 Å².